The van der Waals surface area contributed by atoms with Crippen molar-refractivity contribution in [2.24, 2.45) is 5.73 Å². The molecule has 3 aromatic carbocycles. The van der Waals surface area contributed by atoms with Crippen LogP contribution in [0.15, 0.2) is 78.9 Å². The van der Waals surface area contributed by atoms with Crippen LogP contribution in [0.1, 0.15) is 35.6 Å². The van der Waals surface area contributed by atoms with Gasteiger partial charge in [0.1, 0.15) is 18.7 Å². The van der Waals surface area contributed by atoms with Gasteiger partial charge in [0.25, 0.3) is 0 Å². The van der Waals surface area contributed by atoms with Crippen molar-refractivity contribution in [3.8, 4) is 11.1 Å². The topological polar surface area (TPSA) is 119 Å². The number of rotatable bonds is 9. The SMILES string of the molecule is COC(=O)N(C1c2ccccc2-c2ccccc21)[C@@H](CCC(N)C(=O)OCc1ccccc1)C(=O)O. The molecule has 1 aliphatic rings. The maximum atomic E-state index is 13.0. The van der Waals surface area contributed by atoms with Gasteiger partial charge in [-0.05, 0) is 40.7 Å². The molecule has 2 atom stereocenters. The predicted molar refractivity (Wildman–Crippen MR) is 133 cm³/mol. The lowest BCUT2D eigenvalue weighted by atomic mass is 9.98. The van der Waals surface area contributed by atoms with Gasteiger partial charge in [0, 0.05) is 0 Å². The summed E-state index contributed by atoms with van der Waals surface area (Å²) in [6.45, 7) is 0.0691. The van der Waals surface area contributed by atoms with Gasteiger partial charge in [-0.15, -0.1) is 0 Å². The normalized spacial score (nSPS) is 13.7. The number of carbonyl (C=O) groups excluding carboxylic acids is 2. The highest BCUT2D eigenvalue weighted by Gasteiger charge is 2.42. The van der Waals surface area contributed by atoms with Crippen LogP contribution in [-0.4, -0.2) is 47.2 Å². The lowest BCUT2D eigenvalue weighted by molar-refractivity contribution is -0.148. The number of hydrogen-bond donors (Lipinski definition) is 2. The van der Waals surface area contributed by atoms with E-state index >= 15 is 0 Å². The number of aliphatic carboxylic acids is 1. The van der Waals surface area contributed by atoms with Crippen molar-refractivity contribution in [2.75, 3.05) is 7.11 Å². The second-order valence-electron chi connectivity index (χ2n) is 8.59. The van der Waals surface area contributed by atoms with Crippen molar-refractivity contribution < 1.29 is 29.0 Å². The smallest absolute Gasteiger partial charge is 0.411 e. The average molecular weight is 489 g/mol. The Morgan fingerprint density at radius 1 is 0.889 bits per heavy atom. The molecule has 0 radical (unpaired) electrons. The fourth-order valence-corrected chi connectivity index (χ4v) is 4.62. The molecular formula is C28H28N2O6. The van der Waals surface area contributed by atoms with Crippen LogP contribution in [0.5, 0.6) is 0 Å². The van der Waals surface area contributed by atoms with Crippen LogP contribution in [0.4, 0.5) is 4.79 Å². The molecule has 0 bridgehead atoms. The molecule has 4 rings (SSSR count). The van der Waals surface area contributed by atoms with E-state index in [0.29, 0.717) is 0 Å². The van der Waals surface area contributed by atoms with E-state index in [1.54, 1.807) is 0 Å². The summed E-state index contributed by atoms with van der Waals surface area (Å²) in [6.07, 6.45) is -0.833. The zero-order valence-corrected chi connectivity index (χ0v) is 19.9. The monoisotopic (exact) mass is 488 g/mol. The zero-order chi connectivity index (χ0) is 25.7. The minimum atomic E-state index is -1.28. The molecule has 0 saturated carbocycles. The molecule has 0 fully saturated rings. The number of fused-ring (bicyclic) bond motifs is 3. The number of benzene rings is 3. The molecule has 3 N–H and O–H groups in total. The fourth-order valence-electron chi connectivity index (χ4n) is 4.62. The Morgan fingerprint density at radius 3 is 2.00 bits per heavy atom. The van der Waals surface area contributed by atoms with Crippen molar-refractivity contribution in [1.29, 1.82) is 0 Å². The van der Waals surface area contributed by atoms with Gasteiger partial charge in [-0.2, -0.15) is 0 Å². The van der Waals surface area contributed by atoms with E-state index in [1.807, 2.05) is 78.9 Å². The summed E-state index contributed by atoms with van der Waals surface area (Å²) >= 11 is 0. The molecule has 0 spiro atoms. The molecule has 0 aromatic heterocycles. The van der Waals surface area contributed by atoms with Gasteiger partial charge in [-0.25, -0.2) is 9.59 Å². The Labute approximate surface area is 209 Å². The molecule has 1 aliphatic carbocycles. The summed E-state index contributed by atoms with van der Waals surface area (Å²) in [4.78, 5) is 39.1. The second-order valence-corrected chi connectivity index (χ2v) is 8.59. The zero-order valence-electron chi connectivity index (χ0n) is 19.9. The Kier molecular flexibility index (Phi) is 7.65. The van der Waals surface area contributed by atoms with Crippen LogP contribution >= 0.6 is 0 Å². The molecule has 1 unspecified atom stereocenters. The number of hydrogen-bond acceptors (Lipinski definition) is 6. The maximum absolute atomic E-state index is 13.0. The molecule has 186 valence electrons. The van der Waals surface area contributed by atoms with Gasteiger partial charge in [-0.1, -0.05) is 78.9 Å². The number of amides is 1. The Balaban J connectivity index is 1.55. The van der Waals surface area contributed by atoms with Gasteiger partial charge in [0.2, 0.25) is 0 Å². The predicted octanol–water partition coefficient (Wildman–Crippen LogP) is 4.13. The minimum absolute atomic E-state index is 0.00803. The van der Waals surface area contributed by atoms with E-state index in [9.17, 15) is 19.5 Å². The van der Waals surface area contributed by atoms with Gasteiger partial charge in [0.15, 0.2) is 0 Å². The number of carboxylic acids is 1. The summed E-state index contributed by atoms with van der Waals surface area (Å²) in [7, 11) is 1.22. The number of methoxy groups -OCH3 is 1. The van der Waals surface area contributed by atoms with E-state index in [0.717, 1.165) is 27.8 Å². The van der Waals surface area contributed by atoms with Gasteiger partial charge < -0.3 is 20.3 Å². The second kappa shape index (κ2) is 11.0. The van der Waals surface area contributed by atoms with Crippen LogP contribution in [0, 0.1) is 0 Å². The average Bonchev–Trinajstić information content (AvgIpc) is 3.23. The molecule has 8 heteroatoms. The van der Waals surface area contributed by atoms with Gasteiger partial charge in [-0.3, -0.25) is 9.69 Å². The summed E-state index contributed by atoms with van der Waals surface area (Å²) in [6, 6.07) is 21.3. The van der Waals surface area contributed by atoms with Crippen LogP contribution in [0.25, 0.3) is 11.1 Å². The van der Waals surface area contributed by atoms with E-state index in [-0.39, 0.29) is 19.4 Å². The first-order valence-electron chi connectivity index (χ1n) is 11.7. The molecule has 36 heavy (non-hydrogen) atoms. The van der Waals surface area contributed by atoms with Crippen molar-refractivity contribution in [2.45, 2.75) is 37.6 Å². The molecule has 8 nitrogen and oxygen atoms in total. The highest BCUT2D eigenvalue weighted by atomic mass is 16.5. The number of esters is 1. The van der Waals surface area contributed by atoms with Crippen molar-refractivity contribution in [3.63, 3.8) is 0 Å². The third-order valence-electron chi connectivity index (χ3n) is 6.36. The maximum Gasteiger partial charge on any atom is 0.411 e. The number of carbonyl (C=O) groups is 3. The highest BCUT2D eigenvalue weighted by Crippen LogP contribution is 2.47. The van der Waals surface area contributed by atoms with Gasteiger partial charge >= 0.3 is 18.0 Å². The molecule has 0 saturated heterocycles. The molecule has 1 amide bonds. The van der Waals surface area contributed by atoms with E-state index < -0.39 is 36.2 Å². The van der Waals surface area contributed by atoms with Crippen LogP contribution < -0.4 is 5.73 Å². The molecule has 3 aromatic rings. The highest BCUT2D eigenvalue weighted by molar-refractivity contribution is 5.85. The number of carboxylic acid groups (broad SMARTS) is 1. The lowest BCUT2D eigenvalue weighted by Crippen LogP contribution is -2.48. The number of ether oxygens (including phenoxy) is 2. The van der Waals surface area contributed by atoms with Crippen molar-refractivity contribution >= 4 is 18.0 Å². The standard InChI is InChI=1S/C28H28N2O6/c1-35-28(34)30(25-21-13-7-5-11-19(21)20-12-6-8-14-22(20)25)24(26(31)32)16-15-23(29)27(33)36-17-18-9-3-2-4-10-18/h2-14,23-25H,15-17,29H2,1H3,(H,31,32)/t23?,24-/m0/s1. The third kappa shape index (κ3) is 5.08. The van der Waals surface area contributed by atoms with E-state index in [1.165, 1.54) is 12.0 Å². The van der Waals surface area contributed by atoms with Crippen LogP contribution in [-0.2, 0) is 25.7 Å². The Morgan fingerprint density at radius 2 is 1.44 bits per heavy atom. The summed E-state index contributed by atoms with van der Waals surface area (Å²) < 4.78 is 10.3. The third-order valence-corrected chi connectivity index (χ3v) is 6.36. The largest absolute Gasteiger partial charge is 0.480 e. The molecule has 0 aliphatic heterocycles. The summed E-state index contributed by atoms with van der Waals surface area (Å²) in [5, 5.41) is 10.1. The van der Waals surface area contributed by atoms with Crippen LogP contribution in [0.3, 0.4) is 0 Å². The van der Waals surface area contributed by atoms with E-state index in [4.69, 9.17) is 15.2 Å². The Bertz CT molecular complexity index is 1200. The minimum Gasteiger partial charge on any atom is -0.480 e. The lowest BCUT2D eigenvalue weighted by Gasteiger charge is -2.34. The van der Waals surface area contributed by atoms with Gasteiger partial charge in [0.05, 0.1) is 13.2 Å². The Hall–Kier alpha value is -4.17. The fraction of sp³-hybridized carbons (Fsp3) is 0.250. The number of nitrogens with two attached hydrogens (primary N) is 1. The summed E-state index contributed by atoms with van der Waals surface area (Å²) in [5.74, 6) is -1.85. The molecular weight excluding hydrogens is 460 g/mol. The summed E-state index contributed by atoms with van der Waals surface area (Å²) in [5.41, 5.74) is 10.3. The van der Waals surface area contributed by atoms with Crippen molar-refractivity contribution in [1.82, 2.24) is 4.90 Å². The number of nitrogens with zero attached hydrogens (tertiary/aromatic N) is 1. The van der Waals surface area contributed by atoms with Crippen LogP contribution in [0.2, 0.25) is 0 Å². The van der Waals surface area contributed by atoms with E-state index in [2.05, 4.69) is 0 Å². The first-order chi connectivity index (χ1) is 17.4. The first-order valence-corrected chi connectivity index (χ1v) is 11.7. The molecule has 0 heterocycles. The quantitative estimate of drug-likeness (QED) is 0.435. The first kappa shape index (κ1) is 24.9. The van der Waals surface area contributed by atoms with Crippen molar-refractivity contribution in [3.05, 3.63) is 95.6 Å².